The van der Waals surface area contributed by atoms with Crippen LogP contribution in [-0.4, -0.2) is 29.2 Å². The highest BCUT2D eigenvalue weighted by Gasteiger charge is 2.16. The number of carbonyl (C=O) groups excluding carboxylic acids is 2. The highest BCUT2D eigenvalue weighted by molar-refractivity contribution is 7.12. The summed E-state index contributed by atoms with van der Waals surface area (Å²) in [6, 6.07) is 11.1. The smallest absolute Gasteiger partial charge is 0.350 e. The van der Waals surface area contributed by atoms with Crippen LogP contribution in [0.1, 0.15) is 22.0 Å². The van der Waals surface area contributed by atoms with Gasteiger partial charge in [0, 0.05) is 18.4 Å². The van der Waals surface area contributed by atoms with Gasteiger partial charge in [0.1, 0.15) is 4.88 Å². The van der Waals surface area contributed by atoms with Crippen LogP contribution in [0.2, 0.25) is 0 Å². The average molecular weight is 357 g/mol. The zero-order valence-corrected chi connectivity index (χ0v) is 14.2. The van der Waals surface area contributed by atoms with Crippen molar-refractivity contribution in [3.05, 3.63) is 52.5 Å². The molecule has 0 radical (unpaired) electrons. The summed E-state index contributed by atoms with van der Waals surface area (Å²) in [4.78, 5) is 24.0. The van der Waals surface area contributed by atoms with Gasteiger partial charge in [0.25, 0.3) is 0 Å². The Morgan fingerprint density at radius 3 is 2.76 bits per heavy atom. The van der Waals surface area contributed by atoms with Crippen LogP contribution in [0.3, 0.4) is 0 Å². The third-order valence-corrected chi connectivity index (χ3v) is 4.26. The van der Waals surface area contributed by atoms with Crippen molar-refractivity contribution in [2.75, 3.05) is 12.4 Å². The number of amides is 1. The Kier molecular flexibility index (Phi) is 5.20. The maximum absolute atomic E-state index is 12.1. The van der Waals surface area contributed by atoms with E-state index in [1.54, 1.807) is 11.4 Å². The lowest BCUT2D eigenvalue weighted by atomic mass is 10.2. The average Bonchev–Trinajstić information content (AvgIpc) is 3.29. The third-order valence-electron chi connectivity index (χ3n) is 3.36. The second-order valence-electron chi connectivity index (χ2n) is 5.07. The molecule has 0 saturated carbocycles. The van der Waals surface area contributed by atoms with Crippen molar-refractivity contribution >= 4 is 28.9 Å². The third kappa shape index (κ3) is 4.10. The van der Waals surface area contributed by atoms with Crippen molar-refractivity contribution < 1.29 is 18.7 Å². The van der Waals surface area contributed by atoms with Gasteiger partial charge in [0.2, 0.25) is 17.7 Å². The number of thiophene rings is 1. The first-order valence-corrected chi connectivity index (χ1v) is 8.39. The molecule has 0 aliphatic rings. The highest BCUT2D eigenvalue weighted by atomic mass is 32.1. The van der Waals surface area contributed by atoms with Gasteiger partial charge in [-0.05, 0) is 23.6 Å². The minimum Gasteiger partial charge on any atom is -0.465 e. The normalized spacial score (nSPS) is 10.4. The summed E-state index contributed by atoms with van der Waals surface area (Å²) in [5, 5.41) is 12.3. The standard InChI is InChI=1S/C17H15N3O4S/c1-23-17(22)15-12(9-10-25-15)18-13(21)7-8-14-19-20-16(24-14)11-5-3-2-4-6-11/h2-6,9-10H,7-8H2,1H3,(H,18,21). The molecule has 0 bridgehead atoms. The van der Waals surface area contributed by atoms with E-state index in [9.17, 15) is 9.59 Å². The lowest BCUT2D eigenvalue weighted by Crippen LogP contribution is -2.14. The van der Waals surface area contributed by atoms with E-state index in [-0.39, 0.29) is 12.3 Å². The summed E-state index contributed by atoms with van der Waals surface area (Å²) < 4.78 is 10.2. The maximum Gasteiger partial charge on any atom is 0.350 e. The van der Waals surface area contributed by atoms with Crippen LogP contribution in [-0.2, 0) is 16.0 Å². The van der Waals surface area contributed by atoms with Crippen LogP contribution >= 0.6 is 11.3 Å². The molecular weight excluding hydrogens is 342 g/mol. The zero-order chi connectivity index (χ0) is 17.6. The number of methoxy groups -OCH3 is 1. The molecular formula is C17H15N3O4S. The Hall–Kier alpha value is -3.00. The number of hydrogen-bond donors (Lipinski definition) is 1. The van der Waals surface area contributed by atoms with E-state index in [0.29, 0.717) is 28.8 Å². The summed E-state index contributed by atoms with van der Waals surface area (Å²) in [6.45, 7) is 0. The number of nitrogens with zero attached hydrogens (tertiary/aromatic N) is 2. The van der Waals surface area contributed by atoms with Crippen LogP contribution in [0.5, 0.6) is 0 Å². The molecule has 2 heterocycles. The van der Waals surface area contributed by atoms with Gasteiger partial charge in [-0.25, -0.2) is 4.79 Å². The van der Waals surface area contributed by atoms with Gasteiger partial charge in [0.15, 0.2) is 0 Å². The molecule has 8 heteroatoms. The number of carbonyl (C=O) groups is 2. The van der Waals surface area contributed by atoms with Crippen molar-refractivity contribution in [1.29, 1.82) is 0 Å². The molecule has 3 rings (SSSR count). The van der Waals surface area contributed by atoms with Gasteiger partial charge in [-0.1, -0.05) is 18.2 Å². The monoisotopic (exact) mass is 357 g/mol. The summed E-state index contributed by atoms with van der Waals surface area (Å²) in [7, 11) is 1.30. The van der Waals surface area contributed by atoms with Gasteiger partial charge >= 0.3 is 5.97 Å². The molecule has 0 unspecified atom stereocenters. The summed E-state index contributed by atoms with van der Waals surface area (Å²) in [6.07, 6.45) is 0.468. The van der Waals surface area contributed by atoms with Gasteiger partial charge < -0.3 is 14.5 Å². The second kappa shape index (κ2) is 7.71. The van der Waals surface area contributed by atoms with E-state index in [1.807, 2.05) is 30.3 Å². The molecule has 0 atom stereocenters. The van der Waals surface area contributed by atoms with Crippen molar-refractivity contribution in [3.63, 3.8) is 0 Å². The molecule has 1 amide bonds. The predicted molar refractivity (Wildman–Crippen MR) is 92.3 cm³/mol. The molecule has 0 spiro atoms. The highest BCUT2D eigenvalue weighted by Crippen LogP contribution is 2.23. The summed E-state index contributed by atoms with van der Waals surface area (Å²) in [5.41, 5.74) is 1.27. The second-order valence-corrected chi connectivity index (χ2v) is 5.99. The van der Waals surface area contributed by atoms with Crippen LogP contribution in [0.15, 0.2) is 46.2 Å². The van der Waals surface area contributed by atoms with E-state index >= 15 is 0 Å². The Balaban J connectivity index is 1.57. The Morgan fingerprint density at radius 1 is 1.20 bits per heavy atom. The largest absolute Gasteiger partial charge is 0.465 e. The molecule has 0 saturated heterocycles. The Morgan fingerprint density at radius 2 is 2.00 bits per heavy atom. The number of aromatic nitrogens is 2. The van der Waals surface area contributed by atoms with E-state index < -0.39 is 5.97 Å². The topological polar surface area (TPSA) is 94.3 Å². The van der Waals surface area contributed by atoms with Crippen LogP contribution < -0.4 is 5.32 Å². The quantitative estimate of drug-likeness (QED) is 0.681. The number of benzene rings is 1. The van der Waals surface area contributed by atoms with Crippen molar-refractivity contribution in [2.24, 2.45) is 0 Å². The van der Waals surface area contributed by atoms with Crippen molar-refractivity contribution in [3.8, 4) is 11.5 Å². The first-order chi connectivity index (χ1) is 12.2. The maximum atomic E-state index is 12.1. The Labute approximate surface area is 147 Å². The first-order valence-electron chi connectivity index (χ1n) is 7.51. The molecule has 1 aromatic carbocycles. The van der Waals surface area contributed by atoms with Crippen molar-refractivity contribution in [1.82, 2.24) is 10.2 Å². The number of aryl methyl sites for hydroxylation is 1. The fourth-order valence-electron chi connectivity index (χ4n) is 2.14. The van der Waals surface area contributed by atoms with E-state index in [2.05, 4.69) is 20.3 Å². The molecule has 0 aliphatic carbocycles. The molecule has 1 N–H and O–H groups in total. The lowest BCUT2D eigenvalue weighted by molar-refractivity contribution is -0.116. The SMILES string of the molecule is COC(=O)c1sccc1NC(=O)CCc1nnc(-c2ccccc2)o1. The number of esters is 1. The summed E-state index contributed by atoms with van der Waals surface area (Å²) >= 11 is 1.21. The van der Waals surface area contributed by atoms with Crippen LogP contribution in [0.4, 0.5) is 5.69 Å². The molecule has 7 nitrogen and oxygen atoms in total. The van der Waals surface area contributed by atoms with Gasteiger partial charge in [-0.15, -0.1) is 21.5 Å². The first kappa shape index (κ1) is 16.8. The Bertz CT molecular complexity index is 873. The minimum absolute atomic E-state index is 0.160. The van der Waals surface area contributed by atoms with Crippen molar-refractivity contribution in [2.45, 2.75) is 12.8 Å². The minimum atomic E-state index is -0.477. The predicted octanol–water partition coefficient (Wildman–Crippen LogP) is 3.16. The van der Waals surface area contributed by atoms with Crippen LogP contribution in [0.25, 0.3) is 11.5 Å². The number of ether oxygens (including phenoxy) is 1. The van der Waals surface area contributed by atoms with E-state index in [4.69, 9.17) is 4.42 Å². The van der Waals surface area contributed by atoms with Gasteiger partial charge in [0.05, 0.1) is 12.8 Å². The fourth-order valence-corrected chi connectivity index (χ4v) is 2.91. The molecule has 0 fully saturated rings. The molecule has 2 aromatic heterocycles. The molecule has 25 heavy (non-hydrogen) atoms. The van der Waals surface area contributed by atoms with Gasteiger partial charge in [-0.2, -0.15) is 0 Å². The molecule has 128 valence electrons. The zero-order valence-electron chi connectivity index (χ0n) is 13.4. The number of nitrogens with one attached hydrogen (secondary N) is 1. The molecule has 3 aromatic rings. The number of hydrogen-bond acceptors (Lipinski definition) is 7. The van der Waals surface area contributed by atoms with Gasteiger partial charge in [-0.3, -0.25) is 4.79 Å². The lowest BCUT2D eigenvalue weighted by Gasteiger charge is -2.04. The van der Waals surface area contributed by atoms with E-state index in [0.717, 1.165) is 5.56 Å². The van der Waals surface area contributed by atoms with Crippen LogP contribution in [0, 0.1) is 0 Å². The summed E-state index contributed by atoms with van der Waals surface area (Å²) in [5.74, 6) is 0.0760. The molecule has 0 aliphatic heterocycles. The number of anilines is 1. The van der Waals surface area contributed by atoms with E-state index in [1.165, 1.54) is 18.4 Å². The number of rotatable bonds is 6. The fraction of sp³-hybridized carbons (Fsp3) is 0.176.